The standard InChI is InChI=1S/C9H9ClFNO2/c1-14-9(13)12-8-4-2-3-7(11)6(8)5-10/h2-4H,5H2,1H3,(H,12,13). The van der Waals surface area contributed by atoms with Gasteiger partial charge in [-0.1, -0.05) is 6.07 Å². The van der Waals surface area contributed by atoms with Crippen LogP contribution in [0.2, 0.25) is 0 Å². The summed E-state index contributed by atoms with van der Waals surface area (Å²) in [5, 5.41) is 2.37. The lowest BCUT2D eigenvalue weighted by Crippen LogP contribution is -2.12. The molecule has 1 N–H and O–H groups in total. The molecular formula is C9H9ClFNO2. The number of methoxy groups -OCH3 is 1. The van der Waals surface area contributed by atoms with E-state index in [-0.39, 0.29) is 11.4 Å². The van der Waals surface area contributed by atoms with Gasteiger partial charge in [0, 0.05) is 5.56 Å². The van der Waals surface area contributed by atoms with E-state index in [2.05, 4.69) is 10.1 Å². The molecule has 0 aromatic heterocycles. The summed E-state index contributed by atoms with van der Waals surface area (Å²) >= 11 is 5.53. The molecule has 1 rings (SSSR count). The number of nitrogens with one attached hydrogen (secondary N) is 1. The Morgan fingerprint density at radius 1 is 1.64 bits per heavy atom. The third-order valence-electron chi connectivity index (χ3n) is 1.67. The fourth-order valence-electron chi connectivity index (χ4n) is 0.973. The van der Waals surface area contributed by atoms with Gasteiger partial charge in [0.25, 0.3) is 0 Å². The van der Waals surface area contributed by atoms with Crippen molar-refractivity contribution in [3.05, 3.63) is 29.6 Å². The summed E-state index contributed by atoms with van der Waals surface area (Å²) < 4.78 is 17.5. The number of hydrogen-bond acceptors (Lipinski definition) is 2. The van der Waals surface area contributed by atoms with Crippen LogP contribution in [-0.4, -0.2) is 13.2 Å². The molecule has 1 aromatic carbocycles. The van der Waals surface area contributed by atoms with E-state index in [0.717, 1.165) is 0 Å². The van der Waals surface area contributed by atoms with Crippen LogP contribution in [0.4, 0.5) is 14.9 Å². The molecule has 14 heavy (non-hydrogen) atoms. The van der Waals surface area contributed by atoms with Gasteiger partial charge in [-0.15, -0.1) is 11.6 Å². The smallest absolute Gasteiger partial charge is 0.411 e. The van der Waals surface area contributed by atoms with Gasteiger partial charge in [0.05, 0.1) is 18.7 Å². The van der Waals surface area contributed by atoms with Crippen molar-refractivity contribution in [3.63, 3.8) is 0 Å². The van der Waals surface area contributed by atoms with Gasteiger partial charge in [0.15, 0.2) is 0 Å². The Kier molecular flexibility index (Phi) is 3.71. The number of anilines is 1. The molecule has 0 fully saturated rings. The van der Waals surface area contributed by atoms with Crippen molar-refractivity contribution in [1.29, 1.82) is 0 Å². The highest BCUT2D eigenvalue weighted by molar-refractivity contribution is 6.17. The highest BCUT2D eigenvalue weighted by atomic mass is 35.5. The number of rotatable bonds is 2. The number of alkyl halides is 1. The van der Waals surface area contributed by atoms with Gasteiger partial charge in [-0.2, -0.15) is 0 Å². The van der Waals surface area contributed by atoms with Crippen molar-refractivity contribution < 1.29 is 13.9 Å². The Morgan fingerprint density at radius 3 is 2.93 bits per heavy atom. The molecule has 0 saturated carbocycles. The van der Waals surface area contributed by atoms with E-state index in [0.29, 0.717) is 5.69 Å². The van der Waals surface area contributed by atoms with Gasteiger partial charge in [0.2, 0.25) is 0 Å². The van der Waals surface area contributed by atoms with Gasteiger partial charge in [0.1, 0.15) is 5.82 Å². The Hall–Kier alpha value is -1.29. The Bertz CT molecular complexity index is 344. The summed E-state index contributed by atoms with van der Waals surface area (Å²) in [5.41, 5.74) is 0.575. The SMILES string of the molecule is COC(=O)Nc1cccc(F)c1CCl. The van der Waals surface area contributed by atoms with E-state index in [1.165, 1.54) is 19.2 Å². The summed E-state index contributed by atoms with van der Waals surface area (Å²) in [6.45, 7) is 0. The van der Waals surface area contributed by atoms with Crippen LogP contribution in [0.25, 0.3) is 0 Å². The largest absolute Gasteiger partial charge is 0.453 e. The van der Waals surface area contributed by atoms with Gasteiger partial charge in [-0.05, 0) is 12.1 Å². The van der Waals surface area contributed by atoms with Gasteiger partial charge in [-0.25, -0.2) is 9.18 Å². The Labute approximate surface area is 85.8 Å². The van der Waals surface area contributed by atoms with Crippen LogP contribution in [-0.2, 0) is 10.6 Å². The maximum absolute atomic E-state index is 13.1. The first-order chi connectivity index (χ1) is 6.69. The molecule has 5 heteroatoms. The van der Waals surface area contributed by atoms with Crippen molar-refractivity contribution in [2.24, 2.45) is 0 Å². The number of carbonyl (C=O) groups is 1. The lowest BCUT2D eigenvalue weighted by molar-refractivity contribution is 0.187. The van der Waals surface area contributed by atoms with E-state index in [9.17, 15) is 9.18 Å². The molecule has 0 aliphatic carbocycles. The first-order valence-electron chi connectivity index (χ1n) is 3.87. The van der Waals surface area contributed by atoms with E-state index in [4.69, 9.17) is 11.6 Å². The highest BCUT2D eigenvalue weighted by Crippen LogP contribution is 2.20. The molecule has 1 aromatic rings. The minimum Gasteiger partial charge on any atom is -0.453 e. The van der Waals surface area contributed by atoms with Crippen molar-refractivity contribution in [3.8, 4) is 0 Å². The number of halogens is 2. The third kappa shape index (κ3) is 2.35. The van der Waals surface area contributed by atoms with E-state index in [1.54, 1.807) is 6.07 Å². The molecule has 0 aliphatic rings. The molecule has 0 bridgehead atoms. The van der Waals surface area contributed by atoms with Crippen LogP contribution in [0.3, 0.4) is 0 Å². The van der Waals surface area contributed by atoms with Crippen molar-refractivity contribution in [1.82, 2.24) is 0 Å². The molecule has 0 spiro atoms. The molecule has 76 valence electrons. The minimum atomic E-state index is -0.651. The number of hydrogen-bond donors (Lipinski definition) is 1. The minimum absolute atomic E-state index is 0.00794. The van der Waals surface area contributed by atoms with Gasteiger partial charge >= 0.3 is 6.09 Å². The average Bonchev–Trinajstić information content (AvgIpc) is 2.18. The fourth-order valence-corrected chi connectivity index (χ4v) is 1.24. The molecule has 0 radical (unpaired) electrons. The zero-order valence-corrected chi connectivity index (χ0v) is 8.27. The van der Waals surface area contributed by atoms with Gasteiger partial charge < -0.3 is 4.74 Å². The Morgan fingerprint density at radius 2 is 2.36 bits per heavy atom. The maximum Gasteiger partial charge on any atom is 0.411 e. The number of ether oxygens (including phenoxy) is 1. The monoisotopic (exact) mass is 217 g/mol. The number of amides is 1. The van der Waals surface area contributed by atoms with Gasteiger partial charge in [-0.3, -0.25) is 5.32 Å². The summed E-state index contributed by atoms with van der Waals surface area (Å²) in [6, 6.07) is 4.31. The van der Waals surface area contributed by atoms with E-state index >= 15 is 0 Å². The summed E-state index contributed by atoms with van der Waals surface area (Å²) in [6.07, 6.45) is -0.651. The highest BCUT2D eigenvalue weighted by Gasteiger charge is 2.09. The van der Waals surface area contributed by atoms with Crippen LogP contribution in [0, 0.1) is 5.82 Å². The first-order valence-corrected chi connectivity index (χ1v) is 4.40. The molecule has 0 saturated heterocycles. The second kappa shape index (κ2) is 4.81. The quantitative estimate of drug-likeness (QED) is 0.774. The molecule has 0 aliphatic heterocycles. The zero-order valence-electron chi connectivity index (χ0n) is 7.51. The van der Waals surface area contributed by atoms with Crippen molar-refractivity contribution in [2.75, 3.05) is 12.4 Å². The van der Waals surface area contributed by atoms with Crippen LogP contribution in [0.15, 0.2) is 18.2 Å². The topological polar surface area (TPSA) is 38.3 Å². The second-order valence-corrected chi connectivity index (χ2v) is 2.78. The maximum atomic E-state index is 13.1. The lowest BCUT2D eigenvalue weighted by Gasteiger charge is -2.08. The normalized spacial score (nSPS) is 9.64. The molecule has 0 atom stereocenters. The second-order valence-electron chi connectivity index (χ2n) is 2.52. The molecule has 0 unspecified atom stereocenters. The number of carbonyl (C=O) groups excluding carboxylic acids is 1. The van der Waals surface area contributed by atoms with Crippen molar-refractivity contribution in [2.45, 2.75) is 5.88 Å². The van der Waals surface area contributed by atoms with Crippen LogP contribution < -0.4 is 5.32 Å². The molecule has 3 nitrogen and oxygen atoms in total. The predicted octanol–water partition coefficient (Wildman–Crippen LogP) is 2.74. The van der Waals surface area contributed by atoms with E-state index < -0.39 is 11.9 Å². The molecule has 1 amide bonds. The zero-order chi connectivity index (χ0) is 10.6. The third-order valence-corrected chi connectivity index (χ3v) is 1.94. The van der Waals surface area contributed by atoms with Crippen LogP contribution in [0.5, 0.6) is 0 Å². The fraction of sp³-hybridized carbons (Fsp3) is 0.222. The average molecular weight is 218 g/mol. The van der Waals surface area contributed by atoms with Crippen molar-refractivity contribution >= 4 is 23.4 Å². The first kappa shape index (κ1) is 10.8. The van der Waals surface area contributed by atoms with Crippen LogP contribution in [0.1, 0.15) is 5.56 Å². The molecular weight excluding hydrogens is 209 g/mol. The summed E-state index contributed by atoms with van der Waals surface area (Å²) in [4.78, 5) is 10.9. The number of benzene rings is 1. The van der Waals surface area contributed by atoms with E-state index in [1.807, 2.05) is 0 Å². The lowest BCUT2D eigenvalue weighted by atomic mass is 10.2. The summed E-state index contributed by atoms with van der Waals surface area (Å²) in [5.74, 6) is -0.458. The Balaban J connectivity index is 2.96. The predicted molar refractivity (Wildman–Crippen MR) is 52.0 cm³/mol. The summed E-state index contributed by atoms with van der Waals surface area (Å²) in [7, 11) is 1.23. The molecule has 0 heterocycles. The van der Waals surface area contributed by atoms with Crippen LogP contribution >= 0.6 is 11.6 Å².